The van der Waals surface area contributed by atoms with Crippen LogP contribution in [0.4, 0.5) is 5.69 Å². The molecule has 1 atom stereocenters. The van der Waals surface area contributed by atoms with E-state index in [0.717, 1.165) is 33.7 Å². The number of hydrogen-bond acceptors (Lipinski definition) is 5. The number of carbonyl (C=O) groups excluding carboxylic acids is 2. The summed E-state index contributed by atoms with van der Waals surface area (Å²) in [6.07, 6.45) is 2.69. The van der Waals surface area contributed by atoms with Gasteiger partial charge in [-0.15, -0.1) is 0 Å². The molecule has 4 heterocycles. The Morgan fingerprint density at radius 3 is 2.83 bits per heavy atom. The fraction of sp³-hybridized carbons (Fsp3) is 0.304. The van der Waals surface area contributed by atoms with Gasteiger partial charge < -0.3 is 14.5 Å². The Hall–Kier alpha value is -3.48. The number of pyridine rings is 2. The van der Waals surface area contributed by atoms with Crippen molar-refractivity contribution in [3.05, 3.63) is 59.9 Å². The van der Waals surface area contributed by atoms with Crippen LogP contribution in [-0.4, -0.2) is 46.9 Å². The van der Waals surface area contributed by atoms with Gasteiger partial charge in [0.15, 0.2) is 5.65 Å². The first-order chi connectivity index (χ1) is 14.6. The molecule has 0 spiro atoms. The molecule has 1 unspecified atom stereocenters. The number of ether oxygens (including phenoxy) is 1. The summed E-state index contributed by atoms with van der Waals surface area (Å²) in [6.45, 7) is 1.55. The quantitative estimate of drug-likeness (QED) is 0.673. The van der Waals surface area contributed by atoms with E-state index in [1.165, 1.54) is 0 Å². The van der Waals surface area contributed by atoms with Gasteiger partial charge in [0.25, 0.3) is 0 Å². The normalized spacial score (nSPS) is 18.6. The van der Waals surface area contributed by atoms with E-state index < -0.39 is 0 Å². The minimum absolute atomic E-state index is 0.0188. The maximum Gasteiger partial charge on any atom is 0.228 e. The summed E-state index contributed by atoms with van der Waals surface area (Å²) in [5.41, 5.74) is 3.61. The van der Waals surface area contributed by atoms with E-state index >= 15 is 0 Å². The van der Waals surface area contributed by atoms with E-state index in [-0.39, 0.29) is 24.2 Å². The van der Waals surface area contributed by atoms with E-state index in [9.17, 15) is 9.59 Å². The monoisotopic (exact) mass is 402 g/mol. The zero-order chi connectivity index (χ0) is 20.7. The van der Waals surface area contributed by atoms with Gasteiger partial charge in [-0.3, -0.25) is 9.59 Å². The van der Waals surface area contributed by atoms with Gasteiger partial charge in [0.1, 0.15) is 5.75 Å². The average molecular weight is 402 g/mol. The van der Waals surface area contributed by atoms with Gasteiger partial charge in [-0.1, -0.05) is 0 Å². The minimum atomic E-state index is -0.323. The number of aromatic nitrogens is 2. The van der Waals surface area contributed by atoms with Gasteiger partial charge in [-0.25, -0.2) is 9.97 Å². The number of nitrogens with zero attached hydrogens (tertiary/aromatic N) is 4. The Kier molecular flexibility index (Phi) is 4.58. The third-order valence-corrected chi connectivity index (χ3v) is 5.91. The number of carbonyl (C=O) groups is 2. The molecule has 152 valence electrons. The molecule has 1 fully saturated rings. The molecule has 2 amide bonds. The third-order valence-electron chi connectivity index (χ3n) is 5.91. The maximum absolute atomic E-state index is 13.2. The van der Waals surface area contributed by atoms with Crippen LogP contribution in [0.15, 0.2) is 48.7 Å². The van der Waals surface area contributed by atoms with Crippen molar-refractivity contribution < 1.29 is 14.3 Å². The minimum Gasteiger partial charge on any atom is -0.497 e. The Bertz CT molecular complexity index is 1130. The predicted octanol–water partition coefficient (Wildman–Crippen LogP) is 2.58. The highest BCUT2D eigenvalue weighted by molar-refractivity contribution is 6.00. The summed E-state index contributed by atoms with van der Waals surface area (Å²) in [7, 11) is 1.61. The molecule has 7 heteroatoms. The Balaban J connectivity index is 1.31. The van der Waals surface area contributed by atoms with Crippen molar-refractivity contribution in [2.45, 2.75) is 19.4 Å². The summed E-state index contributed by atoms with van der Waals surface area (Å²) in [5, 5.41) is 0.979. The van der Waals surface area contributed by atoms with Crippen molar-refractivity contribution in [3.8, 4) is 5.75 Å². The van der Waals surface area contributed by atoms with Crippen molar-refractivity contribution in [3.63, 3.8) is 0 Å². The van der Waals surface area contributed by atoms with Crippen molar-refractivity contribution >= 4 is 28.5 Å². The van der Waals surface area contributed by atoms with Crippen molar-refractivity contribution in [2.75, 3.05) is 25.1 Å². The molecule has 3 aromatic rings. The molecule has 7 nitrogen and oxygen atoms in total. The largest absolute Gasteiger partial charge is 0.497 e. The molecule has 1 saturated heterocycles. The predicted molar refractivity (Wildman–Crippen MR) is 112 cm³/mol. The van der Waals surface area contributed by atoms with Crippen LogP contribution in [0.2, 0.25) is 0 Å². The first-order valence-electron chi connectivity index (χ1n) is 10.1. The van der Waals surface area contributed by atoms with E-state index in [1.54, 1.807) is 18.2 Å². The summed E-state index contributed by atoms with van der Waals surface area (Å²) in [6, 6.07) is 13.3. The van der Waals surface area contributed by atoms with Crippen LogP contribution < -0.4 is 9.64 Å². The average Bonchev–Trinajstić information content (AvgIpc) is 3.18. The van der Waals surface area contributed by atoms with E-state index in [1.807, 2.05) is 41.3 Å². The number of benzene rings is 1. The molecule has 30 heavy (non-hydrogen) atoms. The number of hydrogen-bond donors (Lipinski definition) is 0. The van der Waals surface area contributed by atoms with Crippen LogP contribution in [0.5, 0.6) is 5.75 Å². The zero-order valence-corrected chi connectivity index (χ0v) is 16.7. The topological polar surface area (TPSA) is 75.6 Å². The van der Waals surface area contributed by atoms with Gasteiger partial charge in [-0.2, -0.15) is 0 Å². The second-order valence-corrected chi connectivity index (χ2v) is 7.76. The van der Waals surface area contributed by atoms with Crippen LogP contribution in [0.1, 0.15) is 17.7 Å². The summed E-state index contributed by atoms with van der Waals surface area (Å²) < 4.78 is 5.18. The second kappa shape index (κ2) is 7.40. The SMILES string of the molecule is COc1ccc(N2CC(C(=O)N3CCc4nc5ncccc5cc4C3)CC2=O)cc1. The number of anilines is 1. The fourth-order valence-corrected chi connectivity index (χ4v) is 4.30. The highest BCUT2D eigenvalue weighted by atomic mass is 16.5. The lowest BCUT2D eigenvalue weighted by atomic mass is 10.0. The molecule has 5 rings (SSSR count). The van der Waals surface area contributed by atoms with Crippen LogP contribution in [0, 0.1) is 5.92 Å². The first-order valence-corrected chi connectivity index (χ1v) is 10.1. The molecule has 2 aliphatic heterocycles. The number of fused-ring (bicyclic) bond motifs is 2. The lowest BCUT2D eigenvalue weighted by molar-refractivity contribution is -0.136. The van der Waals surface area contributed by atoms with Gasteiger partial charge >= 0.3 is 0 Å². The second-order valence-electron chi connectivity index (χ2n) is 7.76. The van der Waals surface area contributed by atoms with Gasteiger partial charge in [0, 0.05) is 55.4 Å². The molecule has 0 saturated carbocycles. The standard InChI is InChI=1S/C23H22N4O3/c1-30-19-6-4-18(5-7-19)27-14-17(12-21(27)28)23(29)26-10-8-20-16(13-26)11-15-3-2-9-24-22(15)25-20/h2-7,9,11,17H,8,10,12-14H2,1H3. The van der Waals surface area contributed by atoms with Gasteiger partial charge in [0.2, 0.25) is 11.8 Å². The first kappa shape index (κ1) is 18.5. The molecule has 0 aliphatic carbocycles. The lowest BCUT2D eigenvalue weighted by Gasteiger charge is -2.30. The van der Waals surface area contributed by atoms with Crippen LogP contribution >= 0.6 is 0 Å². The summed E-state index contributed by atoms with van der Waals surface area (Å²) in [5.74, 6) is 0.434. The summed E-state index contributed by atoms with van der Waals surface area (Å²) in [4.78, 5) is 38.3. The molecule has 0 bridgehead atoms. The van der Waals surface area contributed by atoms with Crippen LogP contribution in [0.25, 0.3) is 11.0 Å². The maximum atomic E-state index is 13.2. The smallest absolute Gasteiger partial charge is 0.228 e. The third kappa shape index (κ3) is 3.26. The van der Waals surface area contributed by atoms with Crippen molar-refractivity contribution in [2.24, 2.45) is 5.92 Å². The van der Waals surface area contributed by atoms with E-state index in [4.69, 9.17) is 4.74 Å². The molecule has 2 aliphatic rings. The fourth-order valence-electron chi connectivity index (χ4n) is 4.30. The molecular formula is C23H22N4O3. The molecule has 0 N–H and O–H groups in total. The lowest BCUT2D eigenvalue weighted by Crippen LogP contribution is -2.41. The Labute approximate surface area is 174 Å². The zero-order valence-electron chi connectivity index (χ0n) is 16.7. The Morgan fingerprint density at radius 2 is 2.03 bits per heavy atom. The van der Waals surface area contributed by atoms with Crippen molar-refractivity contribution in [1.29, 1.82) is 0 Å². The van der Waals surface area contributed by atoms with E-state index in [2.05, 4.69) is 16.0 Å². The molecule has 1 aromatic carbocycles. The number of amides is 2. The Morgan fingerprint density at radius 1 is 1.20 bits per heavy atom. The number of rotatable bonds is 3. The van der Waals surface area contributed by atoms with E-state index in [0.29, 0.717) is 26.1 Å². The van der Waals surface area contributed by atoms with Crippen LogP contribution in [0.3, 0.4) is 0 Å². The van der Waals surface area contributed by atoms with Crippen LogP contribution in [-0.2, 0) is 22.6 Å². The highest BCUT2D eigenvalue weighted by Crippen LogP contribution is 2.29. The molecule has 0 radical (unpaired) electrons. The highest BCUT2D eigenvalue weighted by Gasteiger charge is 2.38. The van der Waals surface area contributed by atoms with Gasteiger partial charge in [0.05, 0.1) is 13.0 Å². The van der Waals surface area contributed by atoms with Gasteiger partial charge in [-0.05, 0) is 48.0 Å². The molecule has 2 aromatic heterocycles. The number of methoxy groups -OCH3 is 1. The molecular weight excluding hydrogens is 380 g/mol. The van der Waals surface area contributed by atoms with Crippen molar-refractivity contribution in [1.82, 2.24) is 14.9 Å². The summed E-state index contributed by atoms with van der Waals surface area (Å²) >= 11 is 0.